The van der Waals surface area contributed by atoms with Gasteiger partial charge in [-0.05, 0) is 43.2 Å². The van der Waals surface area contributed by atoms with E-state index in [1.54, 1.807) is 6.07 Å². The molecule has 1 aliphatic heterocycles. The Labute approximate surface area is 199 Å². The first-order valence-corrected chi connectivity index (χ1v) is 11.6. The van der Waals surface area contributed by atoms with E-state index in [9.17, 15) is 8.78 Å². The Morgan fingerprint density at radius 3 is 2.27 bits per heavy atom. The first-order chi connectivity index (χ1) is 15.8. The number of nitrogens with zero attached hydrogens (tertiary/aromatic N) is 3. The van der Waals surface area contributed by atoms with Crippen LogP contribution in [0.2, 0.25) is 5.02 Å². The van der Waals surface area contributed by atoms with Crippen molar-refractivity contribution in [3.63, 3.8) is 0 Å². The molecule has 4 rings (SSSR count). The second-order valence-electron chi connectivity index (χ2n) is 8.52. The Hall–Kier alpha value is -2.92. The van der Waals surface area contributed by atoms with Gasteiger partial charge in [-0.1, -0.05) is 50.2 Å². The summed E-state index contributed by atoms with van der Waals surface area (Å²) in [6.45, 7) is 15.7. The summed E-state index contributed by atoms with van der Waals surface area (Å²) in [5.74, 6) is -1.21. The summed E-state index contributed by atoms with van der Waals surface area (Å²) in [6.07, 6.45) is 2.12. The Kier molecular flexibility index (Phi) is 6.71. The molecule has 0 saturated carbocycles. The van der Waals surface area contributed by atoms with Gasteiger partial charge in [0.05, 0.1) is 16.2 Å². The molecule has 0 bridgehead atoms. The fourth-order valence-corrected chi connectivity index (χ4v) is 4.49. The average Bonchev–Trinajstić information content (AvgIpc) is 2.81. The lowest BCUT2D eigenvalue weighted by atomic mass is 10.0. The molecular weight excluding hydrogens is 440 g/mol. The lowest BCUT2D eigenvalue weighted by Gasteiger charge is -2.39. The number of aromatic nitrogens is 1. The maximum Gasteiger partial charge on any atom is 0.129 e. The van der Waals surface area contributed by atoms with E-state index in [-0.39, 0.29) is 5.56 Å². The van der Waals surface area contributed by atoms with Crippen molar-refractivity contribution >= 4 is 28.2 Å². The zero-order valence-electron chi connectivity index (χ0n) is 19.1. The van der Waals surface area contributed by atoms with Crippen molar-refractivity contribution in [2.75, 3.05) is 26.2 Å². The SMILES string of the molecule is C=C(CCC)N1CCN(C(=C)c2ccc3c(Cl)cc(-c4cc(F)c(C)c(F)c4)nc3c2)CC1. The van der Waals surface area contributed by atoms with Crippen LogP contribution in [0.15, 0.2) is 55.3 Å². The van der Waals surface area contributed by atoms with Crippen LogP contribution in [0.3, 0.4) is 0 Å². The van der Waals surface area contributed by atoms with Crippen LogP contribution in [0, 0.1) is 18.6 Å². The molecule has 172 valence electrons. The molecule has 33 heavy (non-hydrogen) atoms. The van der Waals surface area contributed by atoms with E-state index in [0.717, 1.165) is 55.7 Å². The lowest BCUT2D eigenvalue weighted by molar-refractivity contribution is 0.209. The molecule has 3 aromatic rings. The van der Waals surface area contributed by atoms with Crippen molar-refractivity contribution in [1.29, 1.82) is 0 Å². The molecule has 1 saturated heterocycles. The highest BCUT2D eigenvalue weighted by atomic mass is 35.5. The minimum absolute atomic E-state index is 0.0115. The molecular formula is C27H28ClF2N3. The van der Waals surface area contributed by atoms with Crippen molar-refractivity contribution in [1.82, 2.24) is 14.8 Å². The predicted molar refractivity (Wildman–Crippen MR) is 133 cm³/mol. The number of hydrogen-bond donors (Lipinski definition) is 0. The van der Waals surface area contributed by atoms with Crippen molar-refractivity contribution in [2.24, 2.45) is 0 Å². The molecule has 0 amide bonds. The maximum absolute atomic E-state index is 14.1. The van der Waals surface area contributed by atoms with Gasteiger partial charge in [0, 0.05) is 54.1 Å². The number of rotatable bonds is 6. The monoisotopic (exact) mass is 467 g/mol. The van der Waals surface area contributed by atoms with Gasteiger partial charge >= 0.3 is 0 Å². The molecule has 2 aromatic carbocycles. The van der Waals surface area contributed by atoms with Crippen LogP contribution in [0.25, 0.3) is 27.9 Å². The van der Waals surface area contributed by atoms with Gasteiger partial charge in [0.2, 0.25) is 0 Å². The summed E-state index contributed by atoms with van der Waals surface area (Å²) in [5.41, 5.74) is 4.50. The quantitative estimate of drug-likeness (QED) is 0.387. The molecule has 0 radical (unpaired) electrons. The van der Waals surface area contributed by atoms with E-state index in [1.165, 1.54) is 24.8 Å². The molecule has 3 nitrogen and oxygen atoms in total. The Morgan fingerprint density at radius 1 is 1.00 bits per heavy atom. The highest BCUT2D eigenvalue weighted by Gasteiger charge is 2.20. The molecule has 1 aliphatic rings. The third-order valence-corrected chi connectivity index (χ3v) is 6.63. The summed E-state index contributed by atoms with van der Waals surface area (Å²) in [7, 11) is 0. The van der Waals surface area contributed by atoms with Crippen molar-refractivity contribution in [3.05, 3.63) is 83.0 Å². The predicted octanol–water partition coefficient (Wildman–Crippen LogP) is 7.04. The van der Waals surface area contributed by atoms with Crippen LogP contribution in [-0.2, 0) is 0 Å². The highest BCUT2D eigenvalue weighted by molar-refractivity contribution is 6.35. The van der Waals surface area contributed by atoms with Crippen LogP contribution in [0.5, 0.6) is 0 Å². The zero-order chi connectivity index (χ0) is 23.7. The van der Waals surface area contributed by atoms with E-state index in [4.69, 9.17) is 11.6 Å². The van der Waals surface area contributed by atoms with Crippen LogP contribution in [-0.4, -0.2) is 41.0 Å². The molecule has 0 N–H and O–H groups in total. The number of halogens is 3. The van der Waals surface area contributed by atoms with E-state index in [0.29, 0.717) is 21.8 Å². The van der Waals surface area contributed by atoms with Gasteiger partial charge in [-0.15, -0.1) is 0 Å². The van der Waals surface area contributed by atoms with Crippen LogP contribution < -0.4 is 0 Å². The Bertz CT molecular complexity index is 1210. The summed E-state index contributed by atoms with van der Waals surface area (Å²) < 4.78 is 28.2. The van der Waals surface area contributed by atoms with Crippen molar-refractivity contribution in [2.45, 2.75) is 26.7 Å². The molecule has 1 aromatic heterocycles. The number of fused-ring (bicyclic) bond motifs is 1. The van der Waals surface area contributed by atoms with Crippen molar-refractivity contribution < 1.29 is 8.78 Å². The van der Waals surface area contributed by atoms with Gasteiger partial charge in [0.15, 0.2) is 0 Å². The normalized spacial score (nSPS) is 14.1. The van der Waals surface area contributed by atoms with Gasteiger partial charge in [-0.3, -0.25) is 0 Å². The third kappa shape index (κ3) is 4.74. The average molecular weight is 468 g/mol. The molecule has 0 spiro atoms. The van der Waals surface area contributed by atoms with Gasteiger partial charge in [0.1, 0.15) is 11.6 Å². The smallest absolute Gasteiger partial charge is 0.129 e. The van der Waals surface area contributed by atoms with E-state index in [2.05, 4.69) is 34.9 Å². The van der Waals surface area contributed by atoms with Crippen molar-refractivity contribution in [3.8, 4) is 11.3 Å². The van der Waals surface area contributed by atoms with E-state index < -0.39 is 11.6 Å². The fraction of sp³-hybridized carbons (Fsp3) is 0.296. The Balaban J connectivity index is 1.60. The number of hydrogen-bond acceptors (Lipinski definition) is 3. The minimum atomic E-state index is -0.606. The summed E-state index contributed by atoms with van der Waals surface area (Å²) in [4.78, 5) is 9.28. The second-order valence-corrected chi connectivity index (χ2v) is 8.93. The van der Waals surface area contributed by atoms with E-state index in [1.807, 2.05) is 18.2 Å². The molecule has 2 heterocycles. The first-order valence-electron chi connectivity index (χ1n) is 11.2. The van der Waals surface area contributed by atoms with Gasteiger partial charge in [-0.25, -0.2) is 13.8 Å². The summed E-state index contributed by atoms with van der Waals surface area (Å²) in [6, 6.07) is 10.1. The summed E-state index contributed by atoms with van der Waals surface area (Å²) >= 11 is 6.50. The molecule has 0 atom stereocenters. The van der Waals surface area contributed by atoms with Crippen LogP contribution in [0.1, 0.15) is 30.9 Å². The van der Waals surface area contributed by atoms with Gasteiger partial charge < -0.3 is 9.80 Å². The van der Waals surface area contributed by atoms with Crippen LogP contribution >= 0.6 is 11.6 Å². The number of allylic oxidation sites excluding steroid dienone is 1. The molecule has 0 unspecified atom stereocenters. The lowest BCUT2D eigenvalue weighted by Crippen LogP contribution is -2.44. The zero-order valence-corrected chi connectivity index (χ0v) is 19.9. The highest BCUT2D eigenvalue weighted by Crippen LogP contribution is 2.32. The summed E-state index contributed by atoms with van der Waals surface area (Å²) in [5, 5.41) is 1.27. The van der Waals surface area contributed by atoms with E-state index >= 15 is 0 Å². The second kappa shape index (κ2) is 9.52. The Morgan fingerprint density at radius 2 is 1.64 bits per heavy atom. The number of pyridine rings is 1. The van der Waals surface area contributed by atoms with Gasteiger partial charge in [-0.2, -0.15) is 0 Å². The molecule has 0 aliphatic carbocycles. The topological polar surface area (TPSA) is 19.4 Å². The minimum Gasteiger partial charge on any atom is -0.372 e. The maximum atomic E-state index is 14.1. The first kappa shape index (κ1) is 23.2. The fourth-order valence-electron chi connectivity index (χ4n) is 4.23. The largest absolute Gasteiger partial charge is 0.372 e. The number of piperazine rings is 1. The van der Waals surface area contributed by atoms with Crippen LogP contribution in [0.4, 0.5) is 8.78 Å². The standard InChI is InChI=1S/C27H28ClF2N3/c1-5-6-17(2)32-9-11-33(12-10-32)19(4)20-7-8-22-23(28)16-26(31-27(22)15-20)21-13-24(29)18(3)25(30)14-21/h7-8,13-16H,2,4-6,9-12H2,1,3H3. The molecule has 1 fully saturated rings. The molecule has 6 heteroatoms. The third-order valence-electron chi connectivity index (χ3n) is 6.32. The van der Waals surface area contributed by atoms with Gasteiger partial charge in [0.25, 0.3) is 0 Å². The number of benzene rings is 2.